The fourth-order valence-electron chi connectivity index (χ4n) is 2.70. The van der Waals surface area contributed by atoms with Crippen molar-refractivity contribution in [1.82, 2.24) is 9.88 Å². The summed E-state index contributed by atoms with van der Waals surface area (Å²) < 4.78 is 5.58. The normalized spacial score (nSPS) is 23.2. The minimum Gasteiger partial charge on any atom is -0.375 e. The van der Waals surface area contributed by atoms with E-state index in [4.69, 9.17) is 4.74 Å². The van der Waals surface area contributed by atoms with Gasteiger partial charge in [0.25, 0.3) is 5.91 Å². The molecule has 0 unspecified atom stereocenters. The van der Waals surface area contributed by atoms with Gasteiger partial charge in [0.1, 0.15) is 5.69 Å². The Morgan fingerprint density at radius 2 is 2.15 bits per heavy atom. The first-order valence-electron chi connectivity index (χ1n) is 7.06. The number of nitrogens with one attached hydrogen (secondary N) is 1. The van der Waals surface area contributed by atoms with Crippen molar-refractivity contribution in [3.63, 3.8) is 0 Å². The maximum atomic E-state index is 12.6. The second-order valence-corrected chi connectivity index (χ2v) is 5.72. The SMILES string of the molecule is Cc1ccc2cc(C(=O)N3C[C@@H](C)OC[C@@H]3C)[nH]c2c1. The van der Waals surface area contributed by atoms with Crippen LogP contribution in [0.15, 0.2) is 24.3 Å². The van der Waals surface area contributed by atoms with Gasteiger partial charge in [-0.3, -0.25) is 4.79 Å². The average molecular weight is 272 g/mol. The van der Waals surface area contributed by atoms with Crippen LogP contribution in [0.1, 0.15) is 29.9 Å². The Balaban J connectivity index is 1.91. The molecule has 1 aliphatic heterocycles. The fraction of sp³-hybridized carbons (Fsp3) is 0.438. The van der Waals surface area contributed by atoms with Gasteiger partial charge in [-0.1, -0.05) is 12.1 Å². The van der Waals surface area contributed by atoms with Gasteiger partial charge in [-0.25, -0.2) is 0 Å². The van der Waals surface area contributed by atoms with Crippen LogP contribution in [0.25, 0.3) is 10.9 Å². The molecule has 0 saturated carbocycles. The Kier molecular flexibility index (Phi) is 3.26. The number of fused-ring (bicyclic) bond motifs is 1. The number of nitrogens with zero attached hydrogens (tertiary/aromatic N) is 1. The first kappa shape index (κ1) is 13.2. The molecule has 2 aromatic rings. The summed E-state index contributed by atoms with van der Waals surface area (Å²) in [7, 11) is 0. The molecule has 1 aromatic carbocycles. The highest BCUT2D eigenvalue weighted by molar-refractivity contribution is 5.98. The van der Waals surface area contributed by atoms with E-state index in [1.807, 2.05) is 37.8 Å². The second kappa shape index (κ2) is 4.94. The molecule has 1 N–H and O–H groups in total. The molecule has 0 spiro atoms. The second-order valence-electron chi connectivity index (χ2n) is 5.72. The van der Waals surface area contributed by atoms with Crippen LogP contribution in [0, 0.1) is 6.92 Å². The lowest BCUT2D eigenvalue weighted by atomic mass is 10.1. The highest BCUT2D eigenvalue weighted by atomic mass is 16.5. The number of ether oxygens (including phenoxy) is 1. The number of aromatic nitrogens is 1. The molecule has 4 nitrogen and oxygen atoms in total. The fourth-order valence-corrected chi connectivity index (χ4v) is 2.70. The van der Waals surface area contributed by atoms with E-state index < -0.39 is 0 Å². The Morgan fingerprint density at radius 1 is 1.35 bits per heavy atom. The number of benzene rings is 1. The third kappa shape index (κ3) is 2.31. The highest BCUT2D eigenvalue weighted by Crippen LogP contribution is 2.20. The van der Waals surface area contributed by atoms with E-state index >= 15 is 0 Å². The van der Waals surface area contributed by atoms with Crippen molar-refractivity contribution in [2.24, 2.45) is 0 Å². The maximum absolute atomic E-state index is 12.6. The van der Waals surface area contributed by atoms with Crippen LogP contribution in [0.3, 0.4) is 0 Å². The van der Waals surface area contributed by atoms with Crippen LogP contribution in [-0.4, -0.2) is 41.1 Å². The number of carbonyl (C=O) groups excluding carboxylic acids is 1. The van der Waals surface area contributed by atoms with E-state index in [0.29, 0.717) is 18.8 Å². The van der Waals surface area contributed by atoms with Crippen LogP contribution in [0.2, 0.25) is 0 Å². The van der Waals surface area contributed by atoms with Crippen LogP contribution in [-0.2, 0) is 4.74 Å². The molecule has 3 rings (SSSR count). The third-order valence-corrected chi connectivity index (χ3v) is 3.88. The molecule has 20 heavy (non-hydrogen) atoms. The van der Waals surface area contributed by atoms with Gasteiger partial charge in [0.05, 0.1) is 18.8 Å². The average Bonchev–Trinajstić information content (AvgIpc) is 2.83. The number of hydrogen-bond donors (Lipinski definition) is 1. The van der Waals surface area contributed by atoms with E-state index in [1.54, 1.807) is 0 Å². The van der Waals surface area contributed by atoms with Crippen molar-refractivity contribution in [2.45, 2.75) is 32.9 Å². The number of aryl methyl sites for hydroxylation is 1. The minimum absolute atomic E-state index is 0.0569. The first-order chi connectivity index (χ1) is 9.54. The first-order valence-corrected chi connectivity index (χ1v) is 7.06. The molecule has 1 aliphatic rings. The Bertz CT molecular complexity index is 647. The maximum Gasteiger partial charge on any atom is 0.270 e. The van der Waals surface area contributed by atoms with E-state index in [0.717, 1.165) is 10.9 Å². The number of carbonyl (C=O) groups is 1. The van der Waals surface area contributed by atoms with Gasteiger partial charge in [-0.15, -0.1) is 0 Å². The van der Waals surface area contributed by atoms with E-state index in [2.05, 4.69) is 17.1 Å². The summed E-state index contributed by atoms with van der Waals surface area (Å²) in [5.74, 6) is 0.0569. The van der Waals surface area contributed by atoms with Gasteiger partial charge >= 0.3 is 0 Å². The standard InChI is InChI=1S/C16H20N2O2/c1-10-4-5-13-7-15(17-14(13)6-10)16(19)18-8-12(3)20-9-11(18)2/h4-7,11-12,17H,8-9H2,1-3H3/t11-,12+/m0/s1. The summed E-state index contributed by atoms with van der Waals surface area (Å²) in [5.41, 5.74) is 2.86. The van der Waals surface area contributed by atoms with Crippen LogP contribution in [0.5, 0.6) is 0 Å². The number of H-pyrrole nitrogens is 1. The molecule has 0 radical (unpaired) electrons. The largest absolute Gasteiger partial charge is 0.375 e. The van der Waals surface area contributed by atoms with Crippen molar-refractivity contribution >= 4 is 16.8 Å². The van der Waals surface area contributed by atoms with Crippen LogP contribution < -0.4 is 0 Å². The predicted molar refractivity (Wildman–Crippen MR) is 78.9 cm³/mol. The number of rotatable bonds is 1. The molecular weight excluding hydrogens is 252 g/mol. The Labute approximate surface area is 118 Å². The van der Waals surface area contributed by atoms with Crippen molar-refractivity contribution in [2.75, 3.05) is 13.2 Å². The quantitative estimate of drug-likeness (QED) is 0.867. The summed E-state index contributed by atoms with van der Waals surface area (Å²) in [5, 5.41) is 1.08. The molecule has 1 amide bonds. The lowest BCUT2D eigenvalue weighted by molar-refractivity contribution is -0.0388. The minimum atomic E-state index is 0.0569. The van der Waals surface area contributed by atoms with E-state index in [-0.39, 0.29) is 18.1 Å². The lowest BCUT2D eigenvalue weighted by Gasteiger charge is -2.36. The summed E-state index contributed by atoms with van der Waals surface area (Å²) in [4.78, 5) is 17.8. The topological polar surface area (TPSA) is 45.3 Å². The summed E-state index contributed by atoms with van der Waals surface area (Å²) in [6.45, 7) is 7.32. The molecule has 4 heteroatoms. The van der Waals surface area contributed by atoms with Crippen molar-refractivity contribution in [1.29, 1.82) is 0 Å². The van der Waals surface area contributed by atoms with Gasteiger partial charge < -0.3 is 14.6 Å². The highest BCUT2D eigenvalue weighted by Gasteiger charge is 2.28. The molecule has 1 aromatic heterocycles. The van der Waals surface area contributed by atoms with Crippen molar-refractivity contribution < 1.29 is 9.53 Å². The number of aromatic amines is 1. The van der Waals surface area contributed by atoms with Gasteiger partial charge in [0.15, 0.2) is 0 Å². The lowest BCUT2D eigenvalue weighted by Crippen LogP contribution is -2.50. The number of morpholine rings is 1. The Hall–Kier alpha value is -1.81. The van der Waals surface area contributed by atoms with Crippen molar-refractivity contribution in [3.8, 4) is 0 Å². The van der Waals surface area contributed by atoms with Gasteiger partial charge in [-0.2, -0.15) is 0 Å². The van der Waals surface area contributed by atoms with E-state index in [1.165, 1.54) is 5.56 Å². The molecule has 0 bridgehead atoms. The molecule has 1 fully saturated rings. The monoisotopic (exact) mass is 272 g/mol. The zero-order chi connectivity index (χ0) is 14.3. The smallest absolute Gasteiger partial charge is 0.270 e. The molecule has 2 heterocycles. The zero-order valence-electron chi connectivity index (χ0n) is 12.1. The summed E-state index contributed by atoms with van der Waals surface area (Å²) in [6.07, 6.45) is 0.0989. The van der Waals surface area contributed by atoms with Crippen molar-refractivity contribution in [3.05, 3.63) is 35.5 Å². The molecule has 2 atom stereocenters. The summed E-state index contributed by atoms with van der Waals surface area (Å²) >= 11 is 0. The number of hydrogen-bond acceptors (Lipinski definition) is 2. The third-order valence-electron chi connectivity index (χ3n) is 3.88. The van der Waals surface area contributed by atoms with Gasteiger partial charge in [-0.05, 0) is 38.5 Å². The number of amides is 1. The van der Waals surface area contributed by atoms with Gasteiger partial charge in [0, 0.05) is 17.4 Å². The molecule has 106 valence electrons. The summed E-state index contributed by atoms with van der Waals surface area (Å²) in [6, 6.07) is 8.22. The van der Waals surface area contributed by atoms with Crippen LogP contribution in [0.4, 0.5) is 0 Å². The predicted octanol–water partition coefficient (Wildman–Crippen LogP) is 2.73. The van der Waals surface area contributed by atoms with Crippen LogP contribution >= 0.6 is 0 Å². The molecule has 1 saturated heterocycles. The van der Waals surface area contributed by atoms with Gasteiger partial charge in [0.2, 0.25) is 0 Å². The Morgan fingerprint density at radius 3 is 2.95 bits per heavy atom. The van der Waals surface area contributed by atoms with E-state index in [9.17, 15) is 4.79 Å². The molecular formula is C16H20N2O2. The zero-order valence-corrected chi connectivity index (χ0v) is 12.1. The molecule has 0 aliphatic carbocycles.